The third-order valence-electron chi connectivity index (χ3n) is 4.37. The number of hydrogen-bond donors (Lipinski definition) is 1. The van der Waals surface area contributed by atoms with Crippen LogP contribution >= 0.6 is 11.6 Å². The van der Waals surface area contributed by atoms with Crippen LogP contribution in [0.3, 0.4) is 0 Å². The molecule has 2 unspecified atom stereocenters. The maximum Gasteiger partial charge on any atom is 0.0254 e. The van der Waals surface area contributed by atoms with Crippen LogP contribution in [-0.4, -0.2) is 12.4 Å². The Morgan fingerprint density at radius 3 is 2.50 bits per heavy atom. The summed E-state index contributed by atoms with van der Waals surface area (Å²) in [5.41, 5.74) is 4.24. The Hall–Kier alpha value is -0.530. The van der Waals surface area contributed by atoms with Crippen LogP contribution in [0, 0.1) is 25.7 Å². The fourth-order valence-electron chi connectivity index (χ4n) is 3.10. The lowest BCUT2D eigenvalue weighted by Crippen LogP contribution is -2.26. The van der Waals surface area contributed by atoms with Crippen molar-refractivity contribution in [1.29, 1.82) is 0 Å². The zero-order valence-electron chi connectivity index (χ0n) is 11.5. The monoisotopic (exact) mass is 265 g/mol. The van der Waals surface area contributed by atoms with Crippen molar-refractivity contribution >= 4 is 11.6 Å². The van der Waals surface area contributed by atoms with E-state index in [0.717, 1.165) is 30.8 Å². The third-order valence-corrected chi connectivity index (χ3v) is 4.76. The van der Waals surface area contributed by atoms with E-state index in [9.17, 15) is 0 Å². The van der Waals surface area contributed by atoms with Crippen molar-refractivity contribution in [1.82, 2.24) is 5.32 Å². The maximum atomic E-state index is 6.02. The van der Waals surface area contributed by atoms with Crippen molar-refractivity contribution in [3.8, 4) is 0 Å². The fourth-order valence-corrected chi connectivity index (χ4v) is 3.50. The number of hydrogen-bond acceptors (Lipinski definition) is 1. The normalized spacial score (nSPS) is 23.5. The molecular weight excluding hydrogens is 242 g/mol. The number of nitrogens with one attached hydrogen (secondary N) is 1. The molecule has 0 heterocycles. The molecule has 2 rings (SSSR count). The van der Waals surface area contributed by atoms with Crippen molar-refractivity contribution in [2.75, 3.05) is 12.4 Å². The van der Waals surface area contributed by atoms with Crippen molar-refractivity contribution in [2.45, 2.75) is 39.7 Å². The molecule has 1 aliphatic carbocycles. The van der Waals surface area contributed by atoms with Crippen LogP contribution in [0.25, 0.3) is 0 Å². The van der Waals surface area contributed by atoms with Gasteiger partial charge in [-0.2, -0.15) is 0 Å². The second-order valence-corrected chi connectivity index (χ2v) is 5.92. The van der Waals surface area contributed by atoms with E-state index < -0.39 is 0 Å². The first-order chi connectivity index (χ1) is 8.72. The lowest BCUT2D eigenvalue weighted by Gasteiger charge is -2.18. The molecule has 0 amide bonds. The zero-order valence-corrected chi connectivity index (χ0v) is 12.3. The summed E-state index contributed by atoms with van der Waals surface area (Å²) in [4.78, 5) is 0. The first-order valence-corrected chi connectivity index (χ1v) is 7.57. The highest BCUT2D eigenvalue weighted by molar-refractivity contribution is 6.18. The molecule has 18 heavy (non-hydrogen) atoms. The molecule has 0 radical (unpaired) electrons. The number of alkyl halides is 1. The molecule has 100 valence electrons. The molecular formula is C16H24ClN. The molecule has 0 saturated heterocycles. The highest BCUT2D eigenvalue weighted by atomic mass is 35.5. The Balaban J connectivity index is 1.85. The van der Waals surface area contributed by atoms with Crippen LogP contribution in [0.2, 0.25) is 0 Å². The van der Waals surface area contributed by atoms with Gasteiger partial charge in [0.15, 0.2) is 0 Å². The van der Waals surface area contributed by atoms with E-state index in [1.165, 1.54) is 36.0 Å². The number of aryl methyl sites for hydroxylation is 2. The summed E-state index contributed by atoms with van der Waals surface area (Å²) >= 11 is 6.02. The summed E-state index contributed by atoms with van der Waals surface area (Å²) in [5.74, 6) is 2.35. The van der Waals surface area contributed by atoms with E-state index >= 15 is 0 Å². The maximum absolute atomic E-state index is 6.02. The summed E-state index contributed by atoms with van der Waals surface area (Å²) in [6.07, 6.45) is 4.02. The van der Waals surface area contributed by atoms with Crippen LogP contribution in [0.5, 0.6) is 0 Å². The van der Waals surface area contributed by atoms with E-state index in [0.29, 0.717) is 0 Å². The molecule has 1 aromatic rings. The summed E-state index contributed by atoms with van der Waals surface area (Å²) in [5, 5.41) is 3.63. The lowest BCUT2D eigenvalue weighted by atomic mass is 9.97. The fraction of sp³-hybridized carbons (Fsp3) is 0.625. The van der Waals surface area contributed by atoms with Crippen LogP contribution in [-0.2, 0) is 6.54 Å². The SMILES string of the molecule is Cc1cccc(C)c1CNCC1CCCC1CCl. The molecule has 0 spiro atoms. The van der Waals surface area contributed by atoms with Gasteiger partial charge in [-0.15, -0.1) is 11.6 Å². The smallest absolute Gasteiger partial charge is 0.0254 e. The molecule has 2 heteroatoms. The van der Waals surface area contributed by atoms with Crippen LogP contribution in [0.15, 0.2) is 18.2 Å². The van der Waals surface area contributed by atoms with Crippen molar-refractivity contribution < 1.29 is 0 Å². The average Bonchev–Trinajstić information content (AvgIpc) is 2.80. The van der Waals surface area contributed by atoms with Gasteiger partial charge in [0, 0.05) is 12.4 Å². The minimum absolute atomic E-state index is 0.733. The second kappa shape index (κ2) is 6.58. The van der Waals surface area contributed by atoms with Crippen molar-refractivity contribution in [2.24, 2.45) is 11.8 Å². The minimum Gasteiger partial charge on any atom is -0.312 e. The summed E-state index contributed by atoms with van der Waals surface area (Å²) < 4.78 is 0. The molecule has 1 aliphatic rings. The van der Waals surface area contributed by atoms with Gasteiger partial charge in [0.2, 0.25) is 0 Å². The zero-order chi connectivity index (χ0) is 13.0. The average molecular weight is 266 g/mol. The Morgan fingerprint density at radius 2 is 1.83 bits per heavy atom. The summed E-state index contributed by atoms with van der Waals surface area (Å²) in [7, 11) is 0. The predicted molar refractivity (Wildman–Crippen MR) is 79.2 cm³/mol. The molecule has 2 atom stereocenters. The Morgan fingerprint density at radius 1 is 1.17 bits per heavy atom. The van der Waals surface area contributed by atoms with Gasteiger partial charge in [0.1, 0.15) is 0 Å². The highest BCUT2D eigenvalue weighted by Gasteiger charge is 2.25. The molecule has 1 saturated carbocycles. The minimum atomic E-state index is 0.733. The van der Waals surface area contributed by atoms with E-state index in [1.54, 1.807) is 0 Å². The van der Waals surface area contributed by atoms with Crippen LogP contribution in [0.4, 0.5) is 0 Å². The molecule has 1 aromatic carbocycles. The Labute approximate surface area is 116 Å². The largest absolute Gasteiger partial charge is 0.312 e. The lowest BCUT2D eigenvalue weighted by molar-refractivity contribution is 0.395. The quantitative estimate of drug-likeness (QED) is 0.792. The molecule has 0 aliphatic heterocycles. The molecule has 1 nitrogen and oxygen atoms in total. The first kappa shape index (κ1) is 13.9. The van der Waals surface area contributed by atoms with Gasteiger partial charge in [0.25, 0.3) is 0 Å². The van der Waals surface area contributed by atoms with E-state index in [4.69, 9.17) is 11.6 Å². The van der Waals surface area contributed by atoms with Gasteiger partial charge in [-0.25, -0.2) is 0 Å². The predicted octanol–water partition coefficient (Wildman–Crippen LogP) is 4.05. The van der Waals surface area contributed by atoms with Gasteiger partial charge in [-0.05, 0) is 61.8 Å². The highest BCUT2D eigenvalue weighted by Crippen LogP contribution is 2.32. The summed E-state index contributed by atoms with van der Waals surface area (Å²) in [6.45, 7) is 6.50. The number of rotatable bonds is 5. The standard InChI is InChI=1S/C16H24ClN/c1-12-5-3-6-13(2)16(12)11-18-10-15-8-4-7-14(15)9-17/h3,5-6,14-15,18H,4,7-11H2,1-2H3. The van der Waals surface area contributed by atoms with Gasteiger partial charge in [-0.1, -0.05) is 24.6 Å². The van der Waals surface area contributed by atoms with Gasteiger partial charge in [0.05, 0.1) is 0 Å². The van der Waals surface area contributed by atoms with Gasteiger partial charge in [-0.3, -0.25) is 0 Å². The molecule has 0 bridgehead atoms. The van der Waals surface area contributed by atoms with E-state index in [2.05, 4.69) is 37.4 Å². The van der Waals surface area contributed by atoms with Gasteiger partial charge < -0.3 is 5.32 Å². The van der Waals surface area contributed by atoms with E-state index in [-0.39, 0.29) is 0 Å². The molecule has 1 N–H and O–H groups in total. The number of benzene rings is 1. The Bertz CT molecular complexity index is 368. The first-order valence-electron chi connectivity index (χ1n) is 7.04. The van der Waals surface area contributed by atoms with Crippen molar-refractivity contribution in [3.05, 3.63) is 34.9 Å². The molecule has 1 fully saturated rings. The van der Waals surface area contributed by atoms with Crippen LogP contribution < -0.4 is 5.32 Å². The third kappa shape index (κ3) is 3.27. The van der Waals surface area contributed by atoms with Crippen LogP contribution in [0.1, 0.15) is 36.0 Å². The summed E-state index contributed by atoms with van der Waals surface area (Å²) in [6, 6.07) is 6.52. The molecule has 0 aromatic heterocycles. The van der Waals surface area contributed by atoms with Crippen molar-refractivity contribution in [3.63, 3.8) is 0 Å². The number of halogens is 1. The van der Waals surface area contributed by atoms with E-state index in [1.807, 2.05) is 0 Å². The topological polar surface area (TPSA) is 12.0 Å². The second-order valence-electron chi connectivity index (χ2n) is 5.61. The Kier molecular flexibility index (Phi) is 5.08. The van der Waals surface area contributed by atoms with Gasteiger partial charge >= 0.3 is 0 Å².